The van der Waals surface area contributed by atoms with Gasteiger partial charge in [-0.1, -0.05) is 0 Å². The number of aliphatic imine (C=N–C) groups is 1. The Kier molecular flexibility index (Phi) is 4.66. The van der Waals surface area contributed by atoms with Crippen LogP contribution in [0.4, 0.5) is 0 Å². The highest BCUT2D eigenvalue weighted by Gasteiger charge is 2.43. The summed E-state index contributed by atoms with van der Waals surface area (Å²) in [5, 5.41) is 38.4. The van der Waals surface area contributed by atoms with E-state index in [1.807, 2.05) is 0 Å². The lowest BCUT2D eigenvalue weighted by Crippen LogP contribution is -2.58. The van der Waals surface area contributed by atoms with E-state index >= 15 is 0 Å². The summed E-state index contributed by atoms with van der Waals surface area (Å²) >= 11 is 0. The number of ketones is 1. The Hall–Kier alpha value is -1.12. The molecule has 7 heteroatoms. The Bertz CT molecular complexity index is 444. The summed E-state index contributed by atoms with van der Waals surface area (Å²) in [5.41, 5.74) is 1.05. The van der Waals surface area contributed by atoms with Gasteiger partial charge in [-0.25, -0.2) is 0 Å². The molecule has 1 saturated heterocycles. The molecule has 0 saturated carbocycles. The molecular weight excluding hydrogens is 266 g/mol. The van der Waals surface area contributed by atoms with E-state index in [9.17, 15) is 20.1 Å². The number of aliphatic hydroxyl groups is 4. The normalized spacial score (nSPS) is 37.5. The standard InChI is InChI=1S/C13H19NO6/c1-6(16)8-3-2-7(14-8)4-9-11(17)13(19)12(18)10(5-15)20-9/h3,9-13,15,17-19H,2,4-5H2,1H3. The van der Waals surface area contributed by atoms with Gasteiger partial charge in [0.2, 0.25) is 0 Å². The zero-order valence-corrected chi connectivity index (χ0v) is 11.1. The SMILES string of the molecule is CC(=O)C1=CCC(CC2OC(CO)C(O)C(O)C2O)=N1. The smallest absolute Gasteiger partial charge is 0.177 e. The third kappa shape index (κ3) is 2.97. The molecule has 5 atom stereocenters. The molecule has 0 aromatic rings. The van der Waals surface area contributed by atoms with Gasteiger partial charge in [-0.05, 0) is 6.08 Å². The average Bonchev–Trinajstić information content (AvgIpc) is 2.88. The van der Waals surface area contributed by atoms with E-state index in [0.29, 0.717) is 17.8 Å². The van der Waals surface area contributed by atoms with Gasteiger partial charge in [0, 0.05) is 25.5 Å². The maximum atomic E-state index is 11.2. The number of hydrogen-bond donors (Lipinski definition) is 4. The first-order valence-corrected chi connectivity index (χ1v) is 6.52. The molecule has 0 radical (unpaired) electrons. The van der Waals surface area contributed by atoms with E-state index in [1.165, 1.54) is 6.92 Å². The topological polar surface area (TPSA) is 120 Å². The summed E-state index contributed by atoms with van der Waals surface area (Å²) < 4.78 is 5.39. The van der Waals surface area contributed by atoms with Crippen molar-refractivity contribution in [2.45, 2.75) is 50.3 Å². The number of allylic oxidation sites excluding steroid dienone is 2. The summed E-state index contributed by atoms with van der Waals surface area (Å²) in [6.45, 7) is 0.969. The van der Waals surface area contributed by atoms with Crippen molar-refractivity contribution in [3.8, 4) is 0 Å². The second-order valence-corrected chi connectivity index (χ2v) is 5.10. The average molecular weight is 285 g/mol. The van der Waals surface area contributed by atoms with Crippen LogP contribution in [-0.2, 0) is 9.53 Å². The van der Waals surface area contributed by atoms with Crippen molar-refractivity contribution in [1.29, 1.82) is 0 Å². The first kappa shape index (κ1) is 15.3. The molecule has 2 aliphatic rings. The van der Waals surface area contributed by atoms with Gasteiger partial charge in [0.15, 0.2) is 5.78 Å². The molecule has 5 unspecified atom stereocenters. The van der Waals surface area contributed by atoms with Crippen LogP contribution in [0.25, 0.3) is 0 Å². The van der Waals surface area contributed by atoms with Crippen molar-refractivity contribution in [1.82, 2.24) is 0 Å². The number of Topliss-reactive ketones (excluding diaryl/α,β-unsaturated/α-hetero) is 1. The van der Waals surface area contributed by atoms with Crippen LogP contribution in [0.1, 0.15) is 19.8 Å². The van der Waals surface area contributed by atoms with Crippen molar-refractivity contribution < 1.29 is 30.0 Å². The van der Waals surface area contributed by atoms with Crippen LogP contribution in [0.2, 0.25) is 0 Å². The van der Waals surface area contributed by atoms with Crippen LogP contribution in [0.3, 0.4) is 0 Å². The molecule has 0 spiro atoms. The second-order valence-electron chi connectivity index (χ2n) is 5.10. The summed E-state index contributed by atoms with van der Waals surface area (Å²) in [6, 6.07) is 0. The third-order valence-corrected chi connectivity index (χ3v) is 3.60. The largest absolute Gasteiger partial charge is 0.394 e. The highest BCUT2D eigenvalue weighted by molar-refractivity contribution is 6.01. The monoisotopic (exact) mass is 285 g/mol. The minimum Gasteiger partial charge on any atom is -0.394 e. The number of ether oxygens (including phenoxy) is 1. The van der Waals surface area contributed by atoms with Crippen LogP contribution in [0, 0.1) is 0 Å². The minimum atomic E-state index is -1.38. The predicted molar refractivity (Wildman–Crippen MR) is 69.2 cm³/mol. The fraction of sp³-hybridized carbons (Fsp3) is 0.692. The third-order valence-electron chi connectivity index (χ3n) is 3.60. The van der Waals surface area contributed by atoms with Gasteiger partial charge in [0.25, 0.3) is 0 Å². The molecule has 0 amide bonds. The molecule has 20 heavy (non-hydrogen) atoms. The predicted octanol–water partition coefficient (Wildman–Crippen LogP) is -1.46. The first-order chi connectivity index (χ1) is 9.43. The Labute approximate surface area is 116 Å². The van der Waals surface area contributed by atoms with E-state index in [0.717, 1.165) is 0 Å². The molecule has 0 bridgehead atoms. The van der Waals surface area contributed by atoms with E-state index in [2.05, 4.69) is 4.99 Å². The van der Waals surface area contributed by atoms with Crippen molar-refractivity contribution in [2.75, 3.05) is 6.61 Å². The van der Waals surface area contributed by atoms with Crippen LogP contribution >= 0.6 is 0 Å². The fourth-order valence-corrected chi connectivity index (χ4v) is 2.41. The van der Waals surface area contributed by atoms with E-state index in [-0.39, 0.29) is 12.2 Å². The van der Waals surface area contributed by atoms with Crippen molar-refractivity contribution in [2.24, 2.45) is 4.99 Å². The van der Waals surface area contributed by atoms with Crippen LogP contribution in [-0.4, -0.2) is 69.0 Å². The lowest BCUT2D eigenvalue weighted by Gasteiger charge is -2.40. The van der Waals surface area contributed by atoms with Crippen molar-refractivity contribution in [3.63, 3.8) is 0 Å². The molecule has 2 heterocycles. The summed E-state index contributed by atoms with van der Waals surface area (Å²) in [6.07, 6.45) is -3.28. The number of hydrogen-bond acceptors (Lipinski definition) is 7. The Morgan fingerprint density at radius 2 is 1.95 bits per heavy atom. The number of carbonyl (C=O) groups is 1. The highest BCUT2D eigenvalue weighted by atomic mass is 16.5. The van der Waals surface area contributed by atoms with Gasteiger partial charge in [0.1, 0.15) is 30.1 Å². The zero-order valence-electron chi connectivity index (χ0n) is 11.1. The number of aliphatic hydroxyl groups excluding tert-OH is 4. The molecule has 0 aliphatic carbocycles. The molecule has 0 aromatic carbocycles. The van der Waals surface area contributed by atoms with Gasteiger partial charge >= 0.3 is 0 Å². The minimum absolute atomic E-state index is 0.131. The number of nitrogens with zero attached hydrogens (tertiary/aromatic N) is 1. The van der Waals surface area contributed by atoms with Crippen LogP contribution < -0.4 is 0 Å². The molecule has 2 aliphatic heterocycles. The van der Waals surface area contributed by atoms with Gasteiger partial charge in [-0.3, -0.25) is 9.79 Å². The maximum absolute atomic E-state index is 11.2. The number of carbonyl (C=O) groups excluding carboxylic acids is 1. The highest BCUT2D eigenvalue weighted by Crippen LogP contribution is 2.25. The lowest BCUT2D eigenvalue weighted by atomic mass is 9.92. The molecule has 4 N–H and O–H groups in total. The summed E-state index contributed by atoms with van der Waals surface area (Å²) in [7, 11) is 0. The van der Waals surface area contributed by atoms with Gasteiger partial charge in [-0.2, -0.15) is 0 Å². The maximum Gasteiger partial charge on any atom is 0.177 e. The molecule has 112 valence electrons. The molecule has 2 rings (SSSR count). The van der Waals surface area contributed by atoms with Gasteiger partial charge in [-0.15, -0.1) is 0 Å². The number of rotatable bonds is 4. The fourth-order valence-electron chi connectivity index (χ4n) is 2.41. The molecule has 0 aromatic heterocycles. The van der Waals surface area contributed by atoms with E-state index in [1.54, 1.807) is 6.08 Å². The zero-order chi connectivity index (χ0) is 14.9. The van der Waals surface area contributed by atoms with Crippen LogP contribution in [0.15, 0.2) is 16.8 Å². The first-order valence-electron chi connectivity index (χ1n) is 6.52. The van der Waals surface area contributed by atoms with E-state index in [4.69, 9.17) is 9.84 Å². The molecule has 1 fully saturated rings. The second kappa shape index (κ2) is 6.11. The quantitative estimate of drug-likeness (QED) is 0.501. The van der Waals surface area contributed by atoms with Crippen LogP contribution in [0.5, 0.6) is 0 Å². The molecule has 7 nitrogen and oxygen atoms in total. The van der Waals surface area contributed by atoms with Gasteiger partial charge < -0.3 is 25.2 Å². The summed E-state index contributed by atoms with van der Waals surface area (Å²) in [4.78, 5) is 15.3. The Morgan fingerprint density at radius 1 is 1.30 bits per heavy atom. The summed E-state index contributed by atoms with van der Waals surface area (Å²) in [5.74, 6) is -0.131. The lowest BCUT2D eigenvalue weighted by molar-refractivity contribution is -0.227. The van der Waals surface area contributed by atoms with E-state index < -0.39 is 37.1 Å². The van der Waals surface area contributed by atoms with Crippen molar-refractivity contribution >= 4 is 11.5 Å². The van der Waals surface area contributed by atoms with Gasteiger partial charge in [0.05, 0.1) is 12.7 Å². The van der Waals surface area contributed by atoms with Crippen molar-refractivity contribution in [3.05, 3.63) is 11.8 Å². The Balaban J connectivity index is 2.03. The Morgan fingerprint density at radius 3 is 2.50 bits per heavy atom. The molecular formula is C13H19NO6.